The van der Waals surface area contributed by atoms with Gasteiger partial charge >= 0.3 is 0 Å². The predicted octanol–water partition coefficient (Wildman–Crippen LogP) is 1.44. The third-order valence-electron chi connectivity index (χ3n) is 2.45. The molecule has 70 valence electrons. The summed E-state index contributed by atoms with van der Waals surface area (Å²) in [6.07, 6.45) is 0.976. The van der Waals surface area contributed by atoms with Crippen molar-refractivity contribution in [2.45, 2.75) is 19.4 Å². The smallest absolute Gasteiger partial charge is 0.124 e. The fraction of sp³-hybridized carbons (Fsp3) is 0.400. The van der Waals surface area contributed by atoms with Gasteiger partial charge in [-0.2, -0.15) is 0 Å². The van der Waals surface area contributed by atoms with Crippen LogP contribution in [0.15, 0.2) is 12.1 Å². The zero-order valence-electron chi connectivity index (χ0n) is 7.54. The Bertz CT molecular complexity index is 309. The molecule has 1 aromatic rings. The lowest BCUT2D eigenvalue weighted by Gasteiger charge is -2.29. The van der Waals surface area contributed by atoms with Crippen LogP contribution in [0.3, 0.4) is 0 Å². The van der Waals surface area contributed by atoms with Gasteiger partial charge in [-0.25, -0.2) is 0 Å². The molecule has 1 aliphatic rings. The van der Waals surface area contributed by atoms with Crippen molar-refractivity contribution in [1.29, 1.82) is 0 Å². The van der Waals surface area contributed by atoms with Crippen LogP contribution in [0.2, 0.25) is 0 Å². The van der Waals surface area contributed by atoms with E-state index in [-0.39, 0.29) is 17.5 Å². The van der Waals surface area contributed by atoms with Crippen molar-refractivity contribution < 1.29 is 10.2 Å². The fourth-order valence-electron chi connectivity index (χ4n) is 1.65. The Kier molecular flexibility index (Phi) is 1.88. The minimum atomic E-state index is 0.126. The highest BCUT2D eigenvalue weighted by Gasteiger charge is 2.24. The molecular formula is C10H13NO2. The van der Waals surface area contributed by atoms with E-state index in [1.807, 2.05) is 6.92 Å². The lowest BCUT2D eigenvalue weighted by atomic mass is 9.95. The summed E-state index contributed by atoms with van der Waals surface area (Å²) >= 11 is 0. The van der Waals surface area contributed by atoms with E-state index in [9.17, 15) is 10.2 Å². The minimum Gasteiger partial charge on any atom is -0.507 e. The van der Waals surface area contributed by atoms with E-state index in [1.54, 1.807) is 12.1 Å². The number of nitrogens with one attached hydrogen (secondary N) is 1. The van der Waals surface area contributed by atoms with Gasteiger partial charge in [-0.1, -0.05) is 0 Å². The van der Waals surface area contributed by atoms with Crippen molar-refractivity contribution in [2.75, 3.05) is 6.54 Å². The number of hydrogen-bond donors (Lipinski definition) is 3. The topological polar surface area (TPSA) is 52.5 Å². The van der Waals surface area contributed by atoms with Crippen LogP contribution in [0.25, 0.3) is 0 Å². The second kappa shape index (κ2) is 2.92. The first kappa shape index (κ1) is 8.38. The highest BCUT2D eigenvalue weighted by molar-refractivity contribution is 5.48. The zero-order valence-corrected chi connectivity index (χ0v) is 7.54. The summed E-state index contributed by atoms with van der Waals surface area (Å²) in [6, 6.07) is 3.48. The largest absolute Gasteiger partial charge is 0.507 e. The molecule has 0 radical (unpaired) electrons. The van der Waals surface area contributed by atoms with E-state index in [0.29, 0.717) is 5.56 Å². The Morgan fingerprint density at radius 3 is 2.23 bits per heavy atom. The average molecular weight is 179 g/mol. The number of rotatable bonds is 1. The van der Waals surface area contributed by atoms with Crippen LogP contribution in [-0.4, -0.2) is 16.8 Å². The van der Waals surface area contributed by atoms with E-state index in [2.05, 4.69) is 5.32 Å². The molecule has 0 bridgehead atoms. The maximum absolute atomic E-state index is 9.61. The van der Waals surface area contributed by atoms with Crippen LogP contribution in [0.5, 0.6) is 11.5 Å². The third kappa shape index (κ3) is 1.35. The van der Waals surface area contributed by atoms with Crippen LogP contribution in [-0.2, 0) is 0 Å². The quantitative estimate of drug-likeness (QED) is 0.611. The van der Waals surface area contributed by atoms with Gasteiger partial charge in [0, 0.05) is 6.04 Å². The molecule has 2 rings (SSSR count). The van der Waals surface area contributed by atoms with Crippen molar-refractivity contribution in [3.05, 3.63) is 23.3 Å². The number of phenolic OH excluding ortho intramolecular Hbond substituents is 2. The molecule has 1 saturated heterocycles. The number of aromatic hydroxyl groups is 2. The van der Waals surface area contributed by atoms with E-state index >= 15 is 0 Å². The molecule has 3 heteroatoms. The molecule has 1 aromatic carbocycles. The van der Waals surface area contributed by atoms with Gasteiger partial charge in [-0.05, 0) is 37.6 Å². The van der Waals surface area contributed by atoms with Crippen molar-refractivity contribution in [2.24, 2.45) is 0 Å². The molecule has 3 N–H and O–H groups in total. The Morgan fingerprint density at radius 2 is 1.85 bits per heavy atom. The SMILES string of the molecule is Cc1cc(O)c([C@@H]2CCN2)c(O)c1. The number of phenols is 2. The molecule has 1 fully saturated rings. The molecule has 1 atom stereocenters. The van der Waals surface area contributed by atoms with Crippen molar-refractivity contribution in [3.63, 3.8) is 0 Å². The van der Waals surface area contributed by atoms with Gasteiger partial charge in [0.2, 0.25) is 0 Å². The third-order valence-corrected chi connectivity index (χ3v) is 2.45. The lowest BCUT2D eigenvalue weighted by Crippen LogP contribution is -2.35. The van der Waals surface area contributed by atoms with Crippen molar-refractivity contribution in [1.82, 2.24) is 5.32 Å². The Morgan fingerprint density at radius 1 is 1.31 bits per heavy atom. The second-order valence-corrected chi connectivity index (χ2v) is 3.51. The molecular weight excluding hydrogens is 166 g/mol. The van der Waals surface area contributed by atoms with Gasteiger partial charge < -0.3 is 15.5 Å². The van der Waals surface area contributed by atoms with Crippen LogP contribution in [0.4, 0.5) is 0 Å². The van der Waals surface area contributed by atoms with E-state index in [1.165, 1.54) is 0 Å². The first-order valence-electron chi connectivity index (χ1n) is 4.44. The summed E-state index contributed by atoms with van der Waals surface area (Å²) in [5, 5.41) is 22.4. The normalized spacial score (nSPS) is 21.2. The average Bonchev–Trinajstić information content (AvgIpc) is 1.92. The van der Waals surface area contributed by atoms with Gasteiger partial charge in [0.25, 0.3) is 0 Å². The lowest BCUT2D eigenvalue weighted by molar-refractivity contribution is 0.346. The Hall–Kier alpha value is -1.22. The van der Waals surface area contributed by atoms with E-state index in [0.717, 1.165) is 18.5 Å². The summed E-state index contributed by atoms with van der Waals surface area (Å²) in [7, 11) is 0. The summed E-state index contributed by atoms with van der Waals surface area (Å²) in [5.41, 5.74) is 1.51. The van der Waals surface area contributed by atoms with Gasteiger partial charge in [-0.15, -0.1) is 0 Å². The summed E-state index contributed by atoms with van der Waals surface area (Å²) in [4.78, 5) is 0. The van der Waals surface area contributed by atoms with Gasteiger partial charge in [0.05, 0.1) is 5.56 Å². The molecule has 0 saturated carbocycles. The summed E-state index contributed by atoms with van der Waals surface area (Å²) in [6.45, 7) is 2.80. The van der Waals surface area contributed by atoms with Gasteiger partial charge in [0.1, 0.15) is 11.5 Å². The molecule has 0 amide bonds. The Labute approximate surface area is 77.0 Å². The molecule has 1 aliphatic heterocycles. The minimum absolute atomic E-state index is 0.126. The second-order valence-electron chi connectivity index (χ2n) is 3.51. The van der Waals surface area contributed by atoms with Gasteiger partial charge in [0.15, 0.2) is 0 Å². The molecule has 0 unspecified atom stereocenters. The van der Waals surface area contributed by atoms with E-state index < -0.39 is 0 Å². The van der Waals surface area contributed by atoms with Crippen LogP contribution in [0.1, 0.15) is 23.6 Å². The molecule has 0 aliphatic carbocycles. The Balaban J connectivity index is 2.43. The molecule has 0 aromatic heterocycles. The zero-order chi connectivity index (χ0) is 9.42. The fourth-order valence-corrected chi connectivity index (χ4v) is 1.65. The highest BCUT2D eigenvalue weighted by atomic mass is 16.3. The highest BCUT2D eigenvalue weighted by Crippen LogP contribution is 2.37. The molecule has 1 heterocycles. The number of benzene rings is 1. The van der Waals surface area contributed by atoms with Gasteiger partial charge in [-0.3, -0.25) is 0 Å². The molecule has 0 spiro atoms. The van der Waals surface area contributed by atoms with Crippen molar-refractivity contribution in [3.8, 4) is 11.5 Å². The maximum Gasteiger partial charge on any atom is 0.124 e. The first-order valence-corrected chi connectivity index (χ1v) is 4.44. The number of hydrogen-bond acceptors (Lipinski definition) is 3. The first-order chi connectivity index (χ1) is 6.18. The standard InChI is InChI=1S/C10H13NO2/c1-6-4-8(12)10(9(13)5-6)7-2-3-11-7/h4-5,7,11-13H,2-3H2,1H3/t7-/m0/s1. The number of aryl methyl sites for hydroxylation is 1. The molecule has 13 heavy (non-hydrogen) atoms. The van der Waals surface area contributed by atoms with Crippen LogP contribution >= 0.6 is 0 Å². The predicted molar refractivity (Wildman–Crippen MR) is 49.9 cm³/mol. The maximum atomic E-state index is 9.61. The monoisotopic (exact) mass is 179 g/mol. The molecule has 3 nitrogen and oxygen atoms in total. The van der Waals surface area contributed by atoms with Crippen LogP contribution in [0, 0.1) is 6.92 Å². The van der Waals surface area contributed by atoms with E-state index in [4.69, 9.17) is 0 Å². The van der Waals surface area contributed by atoms with Crippen LogP contribution < -0.4 is 5.32 Å². The summed E-state index contributed by atoms with van der Waals surface area (Å²) in [5.74, 6) is 0.379. The van der Waals surface area contributed by atoms with Crippen molar-refractivity contribution >= 4 is 0 Å². The summed E-state index contributed by atoms with van der Waals surface area (Å²) < 4.78 is 0.